The van der Waals surface area contributed by atoms with Crippen molar-refractivity contribution in [3.05, 3.63) is 22.7 Å². The summed E-state index contributed by atoms with van der Waals surface area (Å²) < 4.78 is 5.08. The number of nitrogens with zero attached hydrogens (tertiary/aromatic N) is 2. The van der Waals surface area contributed by atoms with Crippen molar-refractivity contribution in [2.75, 3.05) is 0 Å². The molecule has 0 radical (unpaired) electrons. The van der Waals surface area contributed by atoms with Crippen molar-refractivity contribution in [1.82, 2.24) is 15.5 Å². The highest BCUT2D eigenvalue weighted by molar-refractivity contribution is 7.08. The fourth-order valence-electron chi connectivity index (χ4n) is 1.93. The summed E-state index contributed by atoms with van der Waals surface area (Å²) in [6, 6.07) is 1.88. The molecular weight excluding hydrogens is 294 g/mol. The predicted octanol–water partition coefficient (Wildman–Crippen LogP) is 1.46. The third-order valence-electron chi connectivity index (χ3n) is 3.35. The number of nitrogens with one attached hydrogen (secondary N) is 1. The highest BCUT2D eigenvalue weighted by atomic mass is 32.1. The number of carbonyl (C=O) groups excluding carboxylic acids is 1. The van der Waals surface area contributed by atoms with Gasteiger partial charge < -0.3 is 14.9 Å². The minimum atomic E-state index is -1.05. The van der Waals surface area contributed by atoms with Gasteiger partial charge in [0.25, 0.3) is 0 Å². The van der Waals surface area contributed by atoms with Crippen LogP contribution in [0.25, 0.3) is 11.4 Å². The number of carbonyl (C=O) groups is 2. The fourth-order valence-corrected chi connectivity index (χ4v) is 2.57. The zero-order valence-electron chi connectivity index (χ0n) is 11.0. The molecule has 0 saturated heterocycles. The van der Waals surface area contributed by atoms with Crippen LogP contribution in [0.15, 0.2) is 21.3 Å². The van der Waals surface area contributed by atoms with Gasteiger partial charge in [0, 0.05) is 23.8 Å². The molecule has 2 aromatic heterocycles. The van der Waals surface area contributed by atoms with Gasteiger partial charge in [-0.15, -0.1) is 0 Å². The number of hydrogen-bond donors (Lipinski definition) is 2. The molecule has 1 aliphatic rings. The first-order chi connectivity index (χ1) is 10.1. The van der Waals surface area contributed by atoms with E-state index in [1.165, 1.54) is 11.3 Å². The Hall–Kier alpha value is -2.22. The summed E-state index contributed by atoms with van der Waals surface area (Å²) in [6.45, 7) is 0. The van der Waals surface area contributed by atoms with Crippen LogP contribution in [0.1, 0.15) is 25.2 Å². The molecule has 2 N–H and O–H groups in total. The number of aliphatic carboxylic acids is 1. The Morgan fingerprint density at radius 3 is 2.90 bits per heavy atom. The number of aromatic nitrogens is 2. The minimum Gasteiger partial charge on any atom is -0.480 e. The molecule has 3 rings (SSSR count). The number of rotatable bonds is 6. The molecule has 2 aromatic rings. The smallest absolute Gasteiger partial charge is 0.329 e. The Morgan fingerprint density at radius 1 is 1.48 bits per heavy atom. The van der Waals surface area contributed by atoms with Gasteiger partial charge in [-0.25, -0.2) is 4.79 Å². The summed E-state index contributed by atoms with van der Waals surface area (Å²) in [6.07, 6.45) is 1.38. The summed E-state index contributed by atoms with van der Waals surface area (Å²) in [4.78, 5) is 26.9. The standard InChI is InChI=1S/C13H13N3O4S/c17-9(15-13(4-5-13)12(18)19)1-2-10-14-11(16-20-10)8-3-6-21-7-8/h3,6-7H,1-2,4-5H2,(H,15,17)(H,18,19). The van der Waals surface area contributed by atoms with Crippen molar-refractivity contribution < 1.29 is 19.2 Å². The average Bonchev–Trinajstić information content (AvgIpc) is 2.92. The summed E-state index contributed by atoms with van der Waals surface area (Å²) in [5, 5.41) is 19.2. The highest BCUT2D eigenvalue weighted by Gasteiger charge is 2.51. The van der Waals surface area contributed by atoms with E-state index < -0.39 is 11.5 Å². The Kier molecular flexibility index (Phi) is 3.46. The number of hydrogen-bond acceptors (Lipinski definition) is 6. The number of amides is 1. The second kappa shape index (κ2) is 5.28. The zero-order valence-corrected chi connectivity index (χ0v) is 11.9. The summed E-state index contributed by atoms with van der Waals surface area (Å²) >= 11 is 1.54. The molecule has 1 amide bonds. The van der Waals surface area contributed by atoms with Gasteiger partial charge in [0.2, 0.25) is 17.6 Å². The van der Waals surface area contributed by atoms with Crippen LogP contribution < -0.4 is 5.32 Å². The minimum absolute atomic E-state index is 0.125. The Morgan fingerprint density at radius 2 is 2.29 bits per heavy atom. The van der Waals surface area contributed by atoms with Gasteiger partial charge in [-0.3, -0.25) is 4.79 Å². The maximum atomic E-state index is 11.7. The molecule has 110 valence electrons. The van der Waals surface area contributed by atoms with E-state index in [9.17, 15) is 9.59 Å². The molecule has 1 saturated carbocycles. The van der Waals surface area contributed by atoms with Gasteiger partial charge >= 0.3 is 5.97 Å². The number of thiophene rings is 1. The van der Waals surface area contributed by atoms with Crippen molar-refractivity contribution >= 4 is 23.2 Å². The van der Waals surface area contributed by atoms with Gasteiger partial charge in [-0.05, 0) is 24.3 Å². The molecular formula is C13H13N3O4S. The lowest BCUT2D eigenvalue weighted by atomic mass is 10.2. The van der Waals surface area contributed by atoms with E-state index >= 15 is 0 Å². The van der Waals surface area contributed by atoms with E-state index in [1.54, 1.807) is 0 Å². The van der Waals surface area contributed by atoms with E-state index in [2.05, 4.69) is 15.5 Å². The largest absolute Gasteiger partial charge is 0.480 e. The second-order valence-electron chi connectivity index (χ2n) is 4.96. The van der Waals surface area contributed by atoms with Gasteiger partial charge in [-0.1, -0.05) is 5.16 Å². The molecule has 0 bridgehead atoms. The van der Waals surface area contributed by atoms with E-state index in [0.717, 1.165) is 5.56 Å². The van der Waals surface area contributed by atoms with E-state index in [0.29, 0.717) is 31.0 Å². The molecule has 7 nitrogen and oxygen atoms in total. The lowest BCUT2D eigenvalue weighted by Crippen LogP contribution is -2.43. The van der Waals surface area contributed by atoms with Crippen LogP contribution in [0.5, 0.6) is 0 Å². The second-order valence-corrected chi connectivity index (χ2v) is 5.74. The Bertz CT molecular complexity index is 661. The molecule has 0 aliphatic heterocycles. The average molecular weight is 307 g/mol. The van der Waals surface area contributed by atoms with Crippen LogP contribution >= 0.6 is 11.3 Å². The lowest BCUT2D eigenvalue weighted by molar-refractivity contribution is -0.143. The van der Waals surface area contributed by atoms with Crippen LogP contribution in [0.2, 0.25) is 0 Å². The molecule has 1 aliphatic carbocycles. The normalized spacial score (nSPS) is 15.6. The third kappa shape index (κ3) is 2.94. The molecule has 0 aromatic carbocycles. The molecule has 1 fully saturated rings. The van der Waals surface area contributed by atoms with Crippen LogP contribution in [0.3, 0.4) is 0 Å². The number of aryl methyl sites for hydroxylation is 1. The molecule has 0 atom stereocenters. The molecule has 0 spiro atoms. The first-order valence-electron chi connectivity index (χ1n) is 6.49. The lowest BCUT2D eigenvalue weighted by Gasteiger charge is -2.11. The van der Waals surface area contributed by atoms with Crippen LogP contribution in [0, 0.1) is 0 Å². The van der Waals surface area contributed by atoms with Crippen LogP contribution in [0.4, 0.5) is 0 Å². The van der Waals surface area contributed by atoms with E-state index in [4.69, 9.17) is 9.63 Å². The summed E-state index contributed by atoms with van der Waals surface area (Å²) in [5.41, 5.74) is -0.171. The first kappa shape index (κ1) is 13.7. The Labute approximate surface area is 124 Å². The monoisotopic (exact) mass is 307 g/mol. The van der Waals surface area contributed by atoms with E-state index in [1.807, 2.05) is 16.8 Å². The third-order valence-corrected chi connectivity index (χ3v) is 4.03. The van der Waals surface area contributed by atoms with Gasteiger partial charge in [0.15, 0.2) is 0 Å². The van der Waals surface area contributed by atoms with Crippen molar-refractivity contribution in [3.63, 3.8) is 0 Å². The van der Waals surface area contributed by atoms with Crippen LogP contribution in [-0.4, -0.2) is 32.7 Å². The number of carboxylic acid groups (broad SMARTS) is 1. The fraction of sp³-hybridized carbons (Fsp3) is 0.385. The van der Waals surface area contributed by atoms with Crippen molar-refractivity contribution in [2.24, 2.45) is 0 Å². The predicted molar refractivity (Wildman–Crippen MR) is 73.7 cm³/mol. The molecule has 2 heterocycles. The molecule has 21 heavy (non-hydrogen) atoms. The number of carboxylic acids is 1. The highest BCUT2D eigenvalue weighted by Crippen LogP contribution is 2.35. The summed E-state index contributed by atoms with van der Waals surface area (Å²) in [5.74, 6) is -0.430. The van der Waals surface area contributed by atoms with Crippen molar-refractivity contribution in [3.8, 4) is 11.4 Å². The van der Waals surface area contributed by atoms with Gasteiger partial charge in [0.05, 0.1) is 0 Å². The van der Waals surface area contributed by atoms with Crippen LogP contribution in [-0.2, 0) is 16.0 Å². The Balaban J connectivity index is 1.54. The van der Waals surface area contributed by atoms with Gasteiger partial charge in [-0.2, -0.15) is 16.3 Å². The van der Waals surface area contributed by atoms with Gasteiger partial charge in [0.1, 0.15) is 5.54 Å². The quantitative estimate of drug-likeness (QED) is 0.837. The molecule has 0 unspecified atom stereocenters. The first-order valence-corrected chi connectivity index (χ1v) is 7.43. The topological polar surface area (TPSA) is 105 Å². The van der Waals surface area contributed by atoms with Crippen molar-refractivity contribution in [1.29, 1.82) is 0 Å². The SMILES string of the molecule is O=C(CCc1nc(-c2ccsc2)no1)NC1(C(=O)O)CC1. The van der Waals surface area contributed by atoms with E-state index in [-0.39, 0.29) is 12.3 Å². The van der Waals surface area contributed by atoms with Crippen molar-refractivity contribution in [2.45, 2.75) is 31.2 Å². The maximum absolute atomic E-state index is 11.7. The maximum Gasteiger partial charge on any atom is 0.329 e. The zero-order chi connectivity index (χ0) is 14.9. The summed E-state index contributed by atoms with van der Waals surface area (Å²) in [7, 11) is 0. The molecule has 8 heteroatoms.